The third-order valence-electron chi connectivity index (χ3n) is 2.95. The Morgan fingerprint density at radius 3 is 2.47 bits per heavy atom. The van der Waals surface area contributed by atoms with Gasteiger partial charge in [0.2, 0.25) is 5.91 Å². The standard InChI is InChI=1S/C14H22FN3O/c1-4-17-13(19)9-18(3)14(10(2)16)11-5-7-12(15)8-6-11/h5-8,10,14H,4,9,16H2,1-3H3,(H,17,19). The average Bonchev–Trinajstić information content (AvgIpc) is 2.31. The molecular weight excluding hydrogens is 245 g/mol. The van der Waals surface area contributed by atoms with Crippen LogP contribution in [0.2, 0.25) is 0 Å². The number of carbonyl (C=O) groups excluding carboxylic acids is 1. The van der Waals surface area contributed by atoms with Crippen molar-refractivity contribution in [1.82, 2.24) is 10.2 Å². The molecule has 5 heteroatoms. The number of carbonyl (C=O) groups is 1. The van der Waals surface area contributed by atoms with Crippen molar-refractivity contribution in [2.24, 2.45) is 5.73 Å². The Labute approximate surface area is 113 Å². The predicted molar refractivity (Wildman–Crippen MR) is 74.1 cm³/mol. The highest BCUT2D eigenvalue weighted by Crippen LogP contribution is 2.22. The Morgan fingerprint density at radius 1 is 1.42 bits per heavy atom. The molecule has 4 nitrogen and oxygen atoms in total. The van der Waals surface area contributed by atoms with Gasteiger partial charge in [-0.05, 0) is 38.6 Å². The molecule has 0 bridgehead atoms. The van der Waals surface area contributed by atoms with Crippen LogP contribution >= 0.6 is 0 Å². The number of rotatable bonds is 6. The molecule has 0 fully saturated rings. The molecular formula is C14H22FN3O. The van der Waals surface area contributed by atoms with Crippen molar-refractivity contribution in [1.29, 1.82) is 0 Å². The second-order valence-electron chi connectivity index (χ2n) is 4.72. The van der Waals surface area contributed by atoms with E-state index in [0.29, 0.717) is 6.54 Å². The van der Waals surface area contributed by atoms with Gasteiger partial charge >= 0.3 is 0 Å². The normalized spacial score (nSPS) is 14.2. The smallest absolute Gasteiger partial charge is 0.234 e. The van der Waals surface area contributed by atoms with Crippen molar-refractivity contribution < 1.29 is 9.18 Å². The largest absolute Gasteiger partial charge is 0.355 e. The maximum absolute atomic E-state index is 13.0. The van der Waals surface area contributed by atoms with Crippen LogP contribution in [0.3, 0.4) is 0 Å². The van der Waals surface area contributed by atoms with Gasteiger partial charge in [-0.25, -0.2) is 4.39 Å². The van der Waals surface area contributed by atoms with Gasteiger partial charge in [0.25, 0.3) is 0 Å². The van der Waals surface area contributed by atoms with E-state index in [9.17, 15) is 9.18 Å². The number of nitrogens with zero attached hydrogens (tertiary/aromatic N) is 1. The maximum atomic E-state index is 13.0. The number of amides is 1. The molecule has 0 heterocycles. The molecule has 0 aromatic heterocycles. The SMILES string of the molecule is CCNC(=O)CN(C)C(c1ccc(F)cc1)C(C)N. The molecule has 2 atom stereocenters. The maximum Gasteiger partial charge on any atom is 0.234 e. The first-order chi connectivity index (χ1) is 8.95. The van der Waals surface area contributed by atoms with Crippen LogP contribution in [0.5, 0.6) is 0 Å². The summed E-state index contributed by atoms with van der Waals surface area (Å²) in [7, 11) is 1.84. The molecule has 1 aromatic rings. The van der Waals surface area contributed by atoms with E-state index in [4.69, 9.17) is 5.73 Å². The summed E-state index contributed by atoms with van der Waals surface area (Å²) in [4.78, 5) is 13.5. The van der Waals surface area contributed by atoms with Gasteiger partial charge in [0, 0.05) is 18.6 Å². The number of hydrogen-bond acceptors (Lipinski definition) is 3. The molecule has 0 spiro atoms. The molecule has 1 rings (SSSR count). The third kappa shape index (κ3) is 4.61. The van der Waals surface area contributed by atoms with Crippen LogP contribution in [0.1, 0.15) is 25.5 Å². The van der Waals surface area contributed by atoms with E-state index >= 15 is 0 Å². The van der Waals surface area contributed by atoms with E-state index in [1.165, 1.54) is 12.1 Å². The first-order valence-electron chi connectivity index (χ1n) is 6.43. The quantitative estimate of drug-likeness (QED) is 0.816. The molecule has 0 aliphatic rings. The van der Waals surface area contributed by atoms with Gasteiger partial charge in [-0.2, -0.15) is 0 Å². The highest BCUT2D eigenvalue weighted by molar-refractivity contribution is 5.77. The van der Waals surface area contributed by atoms with Crippen LogP contribution in [0.15, 0.2) is 24.3 Å². The van der Waals surface area contributed by atoms with Crippen molar-refractivity contribution in [2.45, 2.75) is 25.9 Å². The molecule has 0 radical (unpaired) electrons. The summed E-state index contributed by atoms with van der Waals surface area (Å²) in [6.45, 7) is 4.62. The van der Waals surface area contributed by atoms with Crippen molar-refractivity contribution in [3.05, 3.63) is 35.6 Å². The van der Waals surface area contributed by atoms with Gasteiger partial charge in [-0.3, -0.25) is 9.69 Å². The van der Waals surface area contributed by atoms with Gasteiger partial charge in [0.1, 0.15) is 5.82 Å². The highest BCUT2D eigenvalue weighted by Gasteiger charge is 2.22. The zero-order chi connectivity index (χ0) is 14.4. The second kappa shape index (κ2) is 7.21. The average molecular weight is 267 g/mol. The minimum absolute atomic E-state index is 0.0437. The van der Waals surface area contributed by atoms with E-state index in [1.807, 2.05) is 25.8 Å². The van der Waals surface area contributed by atoms with Crippen LogP contribution in [-0.4, -0.2) is 37.0 Å². The first-order valence-corrected chi connectivity index (χ1v) is 6.43. The lowest BCUT2D eigenvalue weighted by atomic mass is 9.99. The summed E-state index contributed by atoms with van der Waals surface area (Å²) in [6, 6.07) is 5.94. The van der Waals surface area contributed by atoms with E-state index in [-0.39, 0.29) is 30.4 Å². The lowest BCUT2D eigenvalue weighted by Gasteiger charge is -2.31. The van der Waals surface area contributed by atoms with Crippen LogP contribution in [0, 0.1) is 5.82 Å². The van der Waals surface area contributed by atoms with Gasteiger partial charge in [-0.1, -0.05) is 12.1 Å². The Hall–Kier alpha value is -1.46. The monoisotopic (exact) mass is 267 g/mol. The fourth-order valence-electron chi connectivity index (χ4n) is 2.20. The van der Waals surface area contributed by atoms with E-state index in [0.717, 1.165) is 5.56 Å². The molecule has 0 aliphatic carbocycles. The minimum Gasteiger partial charge on any atom is -0.355 e. The molecule has 0 saturated heterocycles. The second-order valence-corrected chi connectivity index (χ2v) is 4.72. The third-order valence-corrected chi connectivity index (χ3v) is 2.95. The molecule has 1 amide bonds. The van der Waals surface area contributed by atoms with Gasteiger partial charge in [0.05, 0.1) is 6.54 Å². The van der Waals surface area contributed by atoms with E-state index in [2.05, 4.69) is 5.32 Å². The van der Waals surface area contributed by atoms with Crippen molar-refractivity contribution >= 4 is 5.91 Å². The number of nitrogens with two attached hydrogens (primary N) is 1. The summed E-state index contributed by atoms with van der Waals surface area (Å²) in [5, 5.41) is 2.75. The number of likely N-dealkylation sites (N-methyl/N-ethyl adjacent to an activating group) is 2. The number of nitrogens with one attached hydrogen (secondary N) is 1. The van der Waals surface area contributed by atoms with Crippen molar-refractivity contribution in [3.8, 4) is 0 Å². The Kier molecular flexibility index (Phi) is 5.92. The van der Waals surface area contributed by atoms with Crippen LogP contribution < -0.4 is 11.1 Å². The zero-order valence-electron chi connectivity index (χ0n) is 11.7. The summed E-state index contributed by atoms with van der Waals surface area (Å²) in [5.41, 5.74) is 6.90. The Morgan fingerprint density at radius 2 is 2.00 bits per heavy atom. The van der Waals surface area contributed by atoms with Crippen molar-refractivity contribution in [3.63, 3.8) is 0 Å². The molecule has 19 heavy (non-hydrogen) atoms. The van der Waals surface area contributed by atoms with E-state index < -0.39 is 0 Å². The lowest BCUT2D eigenvalue weighted by Crippen LogP contribution is -2.42. The summed E-state index contributed by atoms with van der Waals surface area (Å²) in [5.74, 6) is -0.323. The summed E-state index contributed by atoms with van der Waals surface area (Å²) < 4.78 is 13.0. The Bertz CT molecular complexity index is 406. The molecule has 0 saturated carbocycles. The number of benzene rings is 1. The first kappa shape index (κ1) is 15.6. The molecule has 1 aromatic carbocycles. The Balaban J connectivity index is 2.82. The fraction of sp³-hybridized carbons (Fsp3) is 0.500. The minimum atomic E-state index is -0.279. The highest BCUT2D eigenvalue weighted by atomic mass is 19.1. The van der Waals surface area contributed by atoms with E-state index in [1.54, 1.807) is 12.1 Å². The fourth-order valence-corrected chi connectivity index (χ4v) is 2.20. The molecule has 106 valence electrons. The van der Waals surface area contributed by atoms with Crippen LogP contribution in [0.4, 0.5) is 4.39 Å². The van der Waals surface area contributed by atoms with Gasteiger partial charge in [0.15, 0.2) is 0 Å². The van der Waals surface area contributed by atoms with Crippen molar-refractivity contribution in [2.75, 3.05) is 20.1 Å². The molecule has 0 aliphatic heterocycles. The van der Waals surface area contributed by atoms with Crippen LogP contribution in [-0.2, 0) is 4.79 Å². The summed E-state index contributed by atoms with van der Waals surface area (Å²) in [6.07, 6.45) is 0. The molecule has 3 N–H and O–H groups in total. The summed E-state index contributed by atoms with van der Waals surface area (Å²) >= 11 is 0. The van der Waals surface area contributed by atoms with Gasteiger partial charge < -0.3 is 11.1 Å². The van der Waals surface area contributed by atoms with Gasteiger partial charge in [-0.15, -0.1) is 0 Å². The lowest BCUT2D eigenvalue weighted by molar-refractivity contribution is -0.122. The number of halogens is 1. The van der Waals surface area contributed by atoms with Crippen LogP contribution in [0.25, 0.3) is 0 Å². The molecule has 2 unspecified atom stereocenters. The predicted octanol–water partition coefficient (Wildman–Crippen LogP) is 1.28. The topological polar surface area (TPSA) is 58.4 Å². The zero-order valence-corrected chi connectivity index (χ0v) is 11.7. The number of hydrogen-bond donors (Lipinski definition) is 2.